The summed E-state index contributed by atoms with van der Waals surface area (Å²) in [7, 11) is 0. The molecule has 1 rings (SSSR count). The van der Waals surface area contributed by atoms with Crippen LogP contribution in [0.4, 0.5) is 0 Å². The molecule has 1 aliphatic rings. The second-order valence-electron chi connectivity index (χ2n) is 3.92. The topological polar surface area (TPSA) is 18.5 Å². The van der Waals surface area contributed by atoms with Crippen LogP contribution in [-0.2, 0) is 9.47 Å². The normalized spacial score (nSPS) is 23.1. The maximum atomic E-state index is 5.19. The van der Waals surface area contributed by atoms with E-state index in [-0.39, 0.29) is 0 Å². The predicted molar refractivity (Wildman–Crippen MR) is 39.7 cm³/mol. The first-order valence-corrected chi connectivity index (χ1v) is 3.76. The molecular weight excluding hydrogens is 128 g/mol. The summed E-state index contributed by atoms with van der Waals surface area (Å²) in [6.45, 7) is 8.83. The molecule has 0 aromatic heterocycles. The van der Waals surface area contributed by atoms with Crippen LogP contribution in [0.15, 0.2) is 0 Å². The third-order valence-electron chi connectivity index (χ3n) is 2.03. The van der Waals surface area contributed by atoms with E-state index in [1.54, 1.807) is 0 Å². The Balaban J connectivity index is 2.39. The number of ether oxygens (including phenoxy) is 2. The summed E-state index contributed by atoms with van der Waals surface area (Å²) in [5.74, 6) is 0.557. The second kappa shape index (κ2) is 2.89. The molecule has 0 aromatic carbocycles. The molecule has 0 bridgehead atoms. The Kier molecular flexibility index (Phi) is 2.32. The summed E-state index contributed by atoms with van der Waals surface area (Å²) >= 11 is 0. The molecule has 1 fully saturated rings. The first-order chi connectivity index (χ1) is 4.61. The van der Waals surface area contributed by atoms with Crippen molar-refractivity contribution in [3.8, 4) is 0 Å². The minimum atomic E-state index is 0.320. The van der Waals surface area contributed by atoms with E-state index >= 15 is 0 Å². The highest BCUT2D eigenvalue weighted by Crippen LogP contribution is 2.27. The van der Waals surface area contributed by atoms with Crippen molar-refractivity contribution in [2.75, 3.05) is 20.0 Å². The van der Waals surface area contributed by atoms with Gasteiger partial charge in [0.2, 0.25) is 0 Å². The molecule has 0 atom stereocenters. The van der Waals surface area contributed by atoms with E-state index in [2.05, 4.69) is 20.8 Å². The van der Waals surface area contributed by atoms with Crippen molar-refractivity contribution in [2.45, 2.75) is 20.8 Å². The summed E-state index contributed by atoms with van der Waals surface area (Å²) in [5, 5.41) is 0. The molecule has 1 aliphatic heterocycles. The Morgan fingerprint density at radius 3 is 1.90 bits per heavy atom. The number of rotatable bonds is 0. The van der Waals surface area contributed by atoms with E-state index in [1.165, 1.54) is 0 Å². The van der Waals surface area contributed by atoms with Crippen LogP contribution in [0.2, 0.25) is 0 Å². The van der Waals surface area contributed by atoms with Gasteiger partial charge in [0, 0.05) is 5.92 Å². The lowest BCUT2D eigenvalue weighted by Gasteiger charge is -2.33. The maximum absolute atomic E-state index is 5.19. The van der Waals surface area contributed by atoms with Crippen LogP contribution < -0.4 is 0 Å². The van der Waals surface area contributed by atoms with Gasteiger partial charge < -0.3 is 9.47 Å². The van der Waals surface area contributed by atoms with Gasteiger partial charge in [-0.1, -0.05) is 20.8 Å². The summed E-state index contributed by atoms with van der Waals surface area (Å²) in [4.78, 5) is 0. The van der Waals surface area contributed by atoms with Crippen LogP contribution in [0.25, 0.3) is 0 Å². The van der Waals surface area contributed by atoms with Crippen molar-refractivity contribution in [3.63, 3.8) is 0 Å². The first kappa shape index (κ1) is 8.02. The van der Waals surface area contributed by atoms with Crippen LogP contribution in [-0.4, -0.2) is 20.0 Å². The highest BCUT2D eigenvalue weighted by atomic mass is 16.7. The fraction of sp³-hybridized carbons (Fsp3) is 1.00. The molecule has 0 aromatic rings. The highest BCUT2D eigenvalue weighted by Gasteiger charge is 2.26. The van der Waals surface area contributed by atoms with E-state index < -0.39 is 0 Å². The monoisotopic (exact) mass is 144 g/mol. The van der Waals surface area contributed by atoms with Crippen LogP contribution in [0.1, 0.15) is 20.8 Å². The lowest BCUT2D eigenvalue weighted by Crippen LogP contribution is -2.33. The van der Waals surface area contributed by atoms with Gasteiger partial charge in [0.05, 0.1) is 13.2 Å². The Morgan fingerprint density at radius 2 is 1.60 bits per heavy atom. The predicted octanol–water partition coefficient (Wildman–Crippen LogP) is 1.65. The molecule has 60 valence electrons. The zero-order valence-corrected chi connectivity index (χ0v) is 7.02. The summed E-state index contributed by atoms with van der Waals surface area (Å²) < 4.78 is 10.4. The number of hydrogen-bond donors (Lipinski definition) is 0. The highest BCUT2D eigenvalue weighted by molar-refractivity contribution is 4.74. The van der Waals surface area contributed by atoms with Gasteiger partial charge in [0.1, 0.15) is 6.79 Å². The molecule has 0 N–H and O–H groups in total. The van der Waals surface area contributed by atoms with Gasteiger partial charge in [-0.05, 0) is 5.41 Å². The Hall–Kier alpha value is -0.0800. The summed E-state index contributed by atoms with van der Waals surface area (Å²) in [6.07, 6.45) is 0. The van der Waals surface area contributed by atoms with Crippen LogP contribution in [0.5, 0.6) is 0 Å². The zero-order chi connectivity index (χ0) is 7.61. The number of hydrogen-bond acceptors (Lipinski definition) is 2. The van der Waals surface area contributed by atoms with Crippen molar-refractivity contribution in [1.82, 2.24) is 0 Å². The average molecular weight is 144 g/mol. The van der Waals surface area contributed by atoms with Gasteiger partial charge in [-0.2, -0.15) is 0 Å². The molecular formula is C8H16O2. The van der Waals surface area contributed by atoms with Crippen molar-refractivity contribution in [1.29, 1.82) is 0 Å². The fourth-order valence-corrected chi connectivity index (χ4v) is 0.988. The Labute approximate surface area is 62.5 Å². The van der Waals surface area contributed by atoms with Gasteiger partial charge in [0.15, 0.2) is 0 Å². The minimum absolute atomic E-state index is 0.320. The molecule has 0 amide bonds. The molecule has 1 saturated heterocycles. The maximum Gasteiger partial charge on any atom is 0.146 e. The fourth-order valence-electron chi connectivity index (χ4n) is 0.988. The zero-order valence-electron chi connectivity index (χ0n) is 7.02. The molecule has 10 heavy (non-hydrogen) atoms. The molecule has 0 radical (unpaired) electrons. The lowest BCUT2D eigenvalue weighted by atomic mass is 9.81. The summed E-state index contributed by atoms with van der Waals surface area (Å²) in [5.41, 5.74) is 0.320. The third kappa shape index (κ3) is 1.96. The molecule has 0 saturated carbocycles. The third-order valence-corrected chi connectivity index (χ3v) is 2.03. The van der Waals surface area contributed by atoms with E-state index in [4.69, 9.17) is 9.47 Å². The van der Waals surface area contributed by atoms with Crippen LogP contribution >= 0.6 is 0 Å². The van der Waals surface area contributed by atoms with E-state index in [0.29, 0.717) is 18.1 Å². The first-order valence-electron chi connectivity index (χ1n) is 3.76. The minimum Gasteiger partial charge on any atom is -0.355 e. The summed E-state index contributed by atoms with van der Waals surface area (Å²) in [6, 6.07) is 0. The molecule has 2 heteroatoms. The average Bonchev–Trinajstić information content (AvgIpc) is 1.88. The smallest absolute Gasteiger partial charge is 0.146 e. The van der Waals surface area contributed by atoms with Gasteiger partial charge >= 0.3 is 0 Å². The van der Waals surface area contributed by atoms with E-state index in [1.807, 2.05) is 0 Å². The second-order valence-corrected chi connectivity index (χ2v) is 3.92. The van der Waals surface area contributed by atoms with E-state index in [9.17, 15) is 0 Å². The largest absolute Gasteiger partial charge is 0.355 e. The van der Waals surface area contributed by atoms with E-state index in [0.717, 1.165) is 13.2 Å². The molecule has 1 heterocycles. The molecule has 0 aliphatic carbocycles. The van der Waals surface area contributed by atoms with Crippen LogP contribution in [0, 0.1) is 11.3 Å². The molecule has 0 spiro atoms. The van der Waals surface area contributed by atoms with Crippen LogP contribution in [0.3, 0.4) is 0 Å². The standard InChI is InChI=1S/C8H16O2/c1-8(2,3)7-4-9-6-10-5-7/h7H,4-6H2,1-3H3. The Morgan fingerprint density at radius 1 is 1.10 bits per heavy atom. The van der Waals surface area contributed by atoms with Crippen molar-refractivity contribution >= 4 is 0 Å². The van der Waals surface area contributed by atoms with Crippen molar-refractivity contribution in [3.05, 3.63) is 0 Å². The SMILES string of the molecule is CC(C)(C)C1COCOC1. The molecule has 0 unspecified atom stereocenters. The quantitative estimate of drug-likeness (QED) is 0.514. The van der Waals surface area contributed by atoms with Gasteiger partial charge in [-0.15, -0.1) is 0 Å². The van der Waals surface area contributed by atoms with Gasteiger partial charge in [-0.25, -0.2) is 0 Å². The van der Waals surface area contributed by atoms with Gasteiger partial charge in [0.25, 0.3) is 0 Å². The molecule has 2 nitrogen and oxygen atoms in total. The van der Waals surface area contributed by atoms with Gasteiger partial charge in [-0.3, -0.25) is 0 Å². The van der Waals surface area contributed by atoms with Crippen molar-refractivity contribution in [2.24, 2.45) is 11.3 Å². The van der Waals surface area contributed by atoms with Crippen molar-refractivity contribution < 1.29 is 9.47 Å². The Bertz CT molecular complexity index is 98.3. The lowest BCUT2D eigenvalue weighted by molar-refractivity contribution is -0.146.